The van der Waals surface area contributed by atoms with E-state index in [0.717, 1.165) is 18.0 Å². The van der Waals surface area contributed by atoms with Crippen LogP contribution in [-0.4, -0.2) is 10.9 Å². The lowest BCUT2D eigenvalue weighted by Crippen LogP contribution is -2.22. The highest BCUT2D eigenvalue weighted by Crippen LogP contribution is 2.14. The number of rotatable bonds is 4. The van der Waals surface area contributed by atoms with Gasteiger partial charge in [-0.3, -0.25) is 0 Å². The summed E-state index contributed by atoms with van der Waals surface area (Å²) < 4.78 is 5.47. The number of aryl methyl sites for hydroxylation is 3. The molecule has 0 spiro atoms. The molecule has 0 fully saturated rings. The summed E-state index contributed by atoms with van der Waals surface area (Å²) in [4.78, 5) is 8.36. The number of aromatic nitrogens is 1. The number of aliphatic imine (C=N–C) groups is 1. The number of anilines is 1. The Kier molecular flexibility index (Phi) is 4.40. The van der Waals surface area contributed by atoms with E-state index >= 15 is 0 Å². The Labute approximate surface area is 118 Å². The second kappa shape index (κ2) is 6.23. The van der Waals surface area contributed by atoms with E-state index < -0.39 is 0 Å². The summed E-state index contributed by atoms with van der Waals surface area (Å²) in [6.07, 6.45) is 2.46. The van der Waals surface area contributed by atoms with Crippen LogP contribution in [0.15, 0.2) is 33.8 Å². The number of nitrogens with one attached hydrogen (secondary N) is 1. The quantitative estimate of drug-likeness (QED) is 0.663. The molecular formula is C15H20N4O. The lowest BCUT2D eigenvalue weighted by molar-refractivity contribution is 0.462. The average molecular weight is 272 g/mol. The highest BCUT2D eigenvalue weighted by Gasteiger charge is 2.02. The van der Waals surface area contributed by atoms with Gasteiger partial charge in [0.15, 0.2) is 11.9 Å². The number of benzene rings is 1. The molecule has 0 radical (unpaired) electrons. The first-order chi connectivity index (χ1) is 9.58. The molecule has 0 aliphatic heterocycles. The fraction of sp³-hybridized carbons (Fsp3) is 0.333. The monoisotopic (exact) mass is 272 g/mol. The van der Waals surface area contributed by atoms with E-state index in [1.54, 1.807) is 6.20 Å². The van der Waals surface area contributed by atoms with Crippen LogP contribution in [0.5, 0.6) is 0 Å². The molecule has 0 amide bonds. The summed E-state index contributed by atoms with van der Waals surface area (Å²) in [7, 11) is 0. The van der Waals surface area contributed by atoms with Gasteiger partial charge in [-0.2, -0.15) is 0 Å². The third kappa shape index (κ3) is 3.60. The summed E-state index contributed by atoms with van der Waals surface area (Å²) in [5.41, 5.74) is 9.25. The minimum Gasteiger partial charge on any atom is -0.444 e. The van der Waals surface area contributed by atoms with E-state index in [0.29, 0.717) is 18.3 Å². The summed E-state index contributed by atoms with van der Waals surface area (Å²) >= 11 is 0. The molecule has 0 saturated carbocycles. The van der Waals surface area contributed by atoms with Crippen molar-refractivity contribution in [1.82, 2.24) is 4.98 Å². The van der Waals surface area contributed by atoms with Gasteiger partial charge in [-0.25, -0.2) is 9.98 Å². The molecule has 0 bridgehead atoms. The number of hydrogen-bond acceptors (Lipinski definition) is 3. The van der Waals surface area contributed by atoms with Crippen molar-refractivity contribution in [2.24, 2.45) is 10.7 Å². The van der Waals surface area contributed by atoms with Crippen LogP contribution in [0.2, 0.25) is 0 Å². The number of guanidine groups is 1. The van der Waals surface area contributed by atoms with Crippen LogP contribution >= 0.6 is 0 Å². The SMILES string of the molecule is CCc1ncc(CN=C(N)Nc2ccc(C)c(C)c2)o1. The van der Waals surface area contributed by atoms with Crippen molar-refractivity contribution in [3.05, 3.63) is 47.2 Å². The third-order valence-electron chi connectivity index (χ3n) is 3.09. The van der Waals surface area contributed by atoms with E-state index in [2.05, 4.69) is 35.2 Å². The van der Waals surface area contributed by atoms with Crippen LogP contribution in [0.1, 0.15) is 29.7 Å². The Balaban J connectivity index is 1.98. The van der Waals surface area contributed by atoms with Gasteiger partial charge in [-0.1, -0.05) is 13.0 Å². The molecule has 0 aliphatic rings. The Morgan fingerprint density at radius 1 is 1.35 bits per heavy atom. The van der Waals surface area contributed by atoms with Crippen molar-refractivity contribution < 1.29 is 4.42 Å². The van der Waals surface area contributed by atoms with Crippen LogP contribution in [-0.2, 0) is 13.0 Å². The van der Waals surface area contributed by atoms with E-state index in [-0.39, 0.29) is 0 Å². The zero-order valence-electron chi connectivity index (χ0n) is 12.1. The Bertz CT molecular complexity index is 616. The Morgan fingerprint density at radius 3 is 2.80 bits per heavy atom. The molecule has 5 heteroatoms. The molecule has 0 aliphatic carbocycles. The molecule has 106 valence electrons. The maximum atomic E-state index is 5.86. The standard InChI is InChI=1S/C15H20N4O/c1-4-14-17-8-13(20-14)9-18-15(16)19-12-6-5-10(2)11(3)7-12/h5-8H,4,9H2,1-3H3,(H3,16,18,19). The molecule has 5 nitrogen and oxygen atoms in total. The number of nitrogens with two attached hydrogens (primary N) is 1. The summed E-state index contributed by atoms with van der Waals surface area (Å²) in [5.74, 6) is 1.80. The van der Waals surface area contributed by atoms with Gasteiger partial charge in [0.2, 0.25) is 0 Å². The van der Waals surface area contributed by atoms with Gasteiger partial charge in [0.25, 0.3) is 0 Å². The van der Waals surface area contributed by atoms with Crippen molar-refractivity contribution in [2.75, 3.05) is 5.32 Å². The van der Waals surface area contributed by atoms with E-state index in [1.165, 1.54) is 11.1 Å². The first kappa shape index (κ1) is 14.1. The number of hydrogen-bond donors (Lipinski definition) is 2. The smallest absolute Gasteiger partial charge is 0.194 e. The van der Waals surface area contributed by atoms with E-state index in [9.17, 15) is 0 Å². The molecule has 3 N–H and O–H groups in total. The van der Waals surface area contributed by atoms with Gasteiger partial charge in [0, 0.05) is 12.1 Å². The first-order valence-electron chi connectivity index (χ1n) is 6.66. The predicted octanol–water partition coefficient (Wildman–Crippen LogP) is 2.78. The van der Waals surface area contributed by atoms with Crippen LogP contribution in [0.25, 0.3) is 0 Å². The lowest BCUT2D eigenvalue weighted by atomic mass is 10.1. The Hall–Kier alpha value is -2.30. The van der Waals surface area contributed by atoms with Crippen molar-refractivity contribution in [1.29, 1.82) is 0 Å². The zero-order valence-corrected chi connectivity index (χ0v) is 12.1. The fourth-order valence-corrected chi connectivity index (χ4v) is 1.75. The van der Waals surface area contributed by atoms with Crippen LogP contribution < -0.4 is 11.1 Å². The maximum absolute atomic E-state index is 5.86. The molecular weight excluding hydrogens is 252 g/mol. The van der Waals surface area contributed by atoms with Gasteiger partial charge in [-0.15, -0.1) is 0 Å². The number of nitrogens with zero attached hydrogens (tertiary/aromatic N) is 2. The molecule has 2 aromatic rings. The molecule has 2 rings (SSSR count). The fourth-order valence-electron chi connectivity index (χ4n) is 1.75. The molecule has 0 unspecified atom stereocenters. The van der Waals surface area contributed by atoms with Crippen LogP contribution in [0.3, 0.4) is 0 Å². The van der Waals surface area contributed by atoms with E-state index in [1.807, 2.05) is 19.1 Å². The highest BCUT2D eigenvalue weighted by molar-refractivity contribution is 5.92. The Morgan fingerprint density at radius 2 is 2.15 bits per heavy atom. The highest BCUT2D eigenvalue weighted by atomic mass is 16.4. The molecule has 0 saturated heterocycles. The van der Waals surface area contributed by atoms with Crippen molar-refractivity contribution >= 4 is 11.6 Å². The molecule has 1 aromatic heterocycles. The summed E-state index contributed by atoms with van der Waals surface area (Å²) in [5, 5.41) is 3.07. The maximum Gasteiger partial charge on any atom is 0.194 e. The predicted molar refractivity (Wildman–Crippen MR) is 80.7 cm³/mol. The minimum absolute atomic E-state index is 0.364. The molecule has 1 heterocycles. The van der Waals surface area contributed by atoms with E-state index in [4.69, 9.17) is 10.2 Å². The van der Waals surface area contributed by atoms with Crippen molar-refractivity contribution in [3.8, 4) is 0 Å². The van der Waals surface area contributed by atoms with Crippen molar-refractivity contribution in [2.45, 2.75) is 33.7 Å². The first-order valence-corrected chi connectivity index (χ1v) is 6.66. The zero-order chi connectivity index (χ0) is 14.5. The van der Waals surface area contributed by atoms with Gasteiger partial charge < -0.3 is 15.5 Å². The third-order valence-corrected chi connectivity index (χ3v) is 3.09. The molecule has 1 aromatic carbocycles. The topological polar surface area (TPSA) is 76.4 Å². The minimum atomic E-state index is 0.364. The summed E-state index contributed by atoms with van der Waals surface area (Å²) in [6.45, 7) is 6.52. The molecule has 20 heavy (non-hydrogen) atoms. The van der Waals surface area contributed by atoms with Crippen molar-refractivity contribution in [3.63, 3.8) is 0 Å². The van der Waals surface area contributed by atoms with Gasteiger partial charge in [0.05, 0.1) is 6.20 Å². The lowest BCUT2D eigenvalue weighted by Gasteiger charge is -2.07. The second-order valence-corrected chi connectivity index (χ2v) is 4.70. The second-order valence-electron chi connectivity index (χ2n) is 4.70. The summed E-state index contributed by atoms with van der Waals surface area (Å²) in [6, 6.07) is 6.07. The largest absolute Gasteiger partial charge is 0.444 e. The van der Waals surface area contributed by atoms with Crippen LogP contribution in [0, 0.1) is 13.8 Å². The van der Waals surface area contributed by atoms with Crippen LogP contribution in [0.4, 0.5) is 5.69 Å². The normalized spacial score (nSPS) is 11.7. The van der Waals surface area contributed by atoms with Gasteiger partial charge in [-0.05, 0) is 37.1 Å². The average Bonchev–Trinajstić information content (AvgIpc) is 2.89. The number of oxazole rings is 1. The molecule has 0 atom stereocenters. The van der Waals surface area contributed by atoms with Gasteiger partial charge in [0.1, 0.15) is 12.3 Å². The van der Waals surface area contributed by atoms with Gasteiger partial charge >= 0.3 is 0 Å².